The van der Waals surface area contributed by atoms with Crippen molar-refractivity contribution in [1.82, 2.24) is 4.90 Å². The Morgan fingerprint density at radius 2 is 1.33 bits per heavy atom. The van der Waals surface area contributed by atoms with E-state index in [1.54, 1.807) is 0 Å². The van der Waals surface area contributed by atoms with Gasteiger partial charge in [0.25, 0.3) is 0 Å². The zero-order chi connectivity index (χ0) is 19.3. The van der Waals surface area contributed by atoms with Crippen molar-refractivity contribution in [3.05, 3.63) is 0 Å². The first kappa shape index (κ1) is 21.6. The van der Waals surface area contributed by atoms with Gasteiger partial charge in [0.05, 0.1) is 0 Å². The lowest BCUT2D eigenvalue weighted by atomic mass is 9.65. The molecular formula is C25H48N2. The van der Waals surface area contributed by atoms with Gasteiger partial charge in [0.1, 0.15) is 0 Å². The summed E-state index contributed by atoms with van der Waals surface area (Å²) in [6.07, 6.45) is 24.2. The van der Waals surface area contributed by atoms with E-state index in [-0.39, 0.29) is 5.54 Å². The largest absolute Gasteiger partial charge is 0.325 e. The minimum absolute atomic E-state index is 0.0793. The molecule has 2 nitrogen and oxygen atoms in total. The molecule has 3 fully saturated rings. The number of nitrogens with two attached hydrogens (primary N) is 1. The summed E-state index contributed by atoms with van der Waals surface area (Å²) in [5, 5.41) is 0. The number of rotatable bonds is 4. The Hall–Kier alpha value is -0.0800. The Labute approximate surface area is 170 Å². The van der Waals surface area contributed by atoms with E-state index >= 15 is 0 Å². The molecule has 0 aliphatic heterocycles. The van der Waals surface area contributed by atoms with E-state index in [0.717, 1.165) is 18.0 Å². The third-order valence-corrected chi connectivity index (χ3v) is 9.10. The van der Waals surface area contributed by atoms with Crippen LogP contribution in [0, 0.1) is 11.3 Å². The monoisotopic (exact) mass is 376 g/mol. The van der Waals surface area contributed by atoms with Gasteiger partial charge in [0, 0.05) is 17.6 Å². The molecule has 0 bridgehead atoms. The van der Waals surface area contributed by atoms with Crippen molar-refractivity contribution in [2.75, 3.05) is 7.05 Å². The van der Waals surface area contributed by atoms with Crippen LogP contribution < -0.4 is 5.73 Å². The quantitative estimate of drug-likeness (QED) is 0.555. The molecule has 4 atom stereocenters. The lowest BCUT2D eigenvalue weighted by Gasteiger charge is -2.40. The molecule has 0 amide bonds. The molecule has 4 unspecified atom stereocenters. The fourth-order valence-electron chi connectivity index (χ4n) is 6.98. The van der Waals surface area contributed by atoms with Crippen LogP contribution in [0.25, 0.3) is 0 Å². The predicted octanol–water partition coefficient (Wildman–Crippen LogP) is 6.67. The highest BCUT2D eigenvalue weighted by atomic mass is 15.2. The summed E-state index contributed by atoms with van der Waals surface area (Å²) in [5.74, 6) is 1.02. The molecule has 3 saturated carbocycles. The second-order valence-electron chi connectivity index (χ2n) is 10.9. The van der Waals surface area contributed by atoms with Gasteiger partial charge in [-0.1, -0.05) is 51.9 Å². The van der Waals surface area contributed by atoms with Gasteiger partial charge in [-0.2, -0.15) is 0 Å². The van der Waals surface area contributed by atoms with Gasteiger partial charge in [-0.05, 0) is 89.5 Å². The Morgan fingerprint density at radius 3 is 1.96 bits per heavy atom. The second kappa shape index (κ2) is 9.61. The fraction of sp³-hybridized carbons (Fsp3) is 1.00. The number of hydrogen-bond acceptors (Lipinski definition) is 2. The van der Waals surface area contributed by atoms with E-state index in [9.17, 15) is 0 Å². The lowest BCUT2D eigenvalue weighted by molar-refractivity contribution is 0.0978. The predicted molar refractivity (Wildman–Crippen MR) is 118 cm³/mol. The van der Waals surface area contributed by atoms with E-state index < -0.39 is 0 Å². The van der Waals surface area contributed by atoms with Crippen LogP contribution in [0.2, 0.25) is 0 Å². The molecule has 0 saturated heterocycles. The molecule has 2 N–H and O–H groups in total. The van der Waals surface area contributed by atoms with E-state index in [2.05, 4.69) is 25.8 Å². The van der Waals surface area contributed by atoms with Crippen molar-refractivity contribution in [1.29, 1.82) is 0 Å². The molecule has 27 heavy (non-hydrogen) atoms. The van der Waals surface area contributed by atoms with Crippen molar-refractivity contribution in [2.45, 2.75) is 141 Å². The minimum atomic E-state index is 0.0793. The number of nitrogens with zero attached hydrogens (tertiary/aromatic N) is 1. The maximum Gasteiger partial charge on any atom is 0.0126 e. The summed E-state index contributed by atoms with van der Waals surface area (Å²) in [7, 11) is 2.44. The highest BCUT2D eigenvalue weighted by Crippen LogP contribution is 2.49. The standard InChI is InChI=1S/C25H48N2/c1-4-25(21-11-7-5-6-8-12-21)18-10-14-23(16-20-25)27(3)22-13-9-17-24(2,26)19-15-22/h21-23H,4-20,26H2,1-3H3. The molecule has 0 aromatic carbocycles. The maximum absolute atomic E-state index is 6.47. The highest BCUT2D eigenvalue weighted by molar-refractivity contribution is 4.93. The maximum atomic E-state index is 6.47. The van der Waals surface area contributed by atoms with E-state index in [4.69, 9.17) is 5.73 Å². The van der Waals surface area contributed by atoms with Crippen molar-refractivity contribution >= 4 is 0 Å². The molecule has 0 spiro atoms. The Bertz CT molecular complexity index is 438. The zero-order valence-corrected chi connectivity index (χ0v) is 18.8. The molecule has 0 heterocycles. The first-order chi connectivity index (χ1) is 13.0. The average molecular weight is 377 g/mol. The average Bonchev–Trinajstić information content (AvgIpc) is 3.11. The SMILES string of the molecule is CCC1(C2CCCCCC2)CCCC(N(C)C2CCCC(C)(N)CC2)CC1. The Kier molecular flexibility index (Phi) is 7.70. The van der Waals surface area contributed by atoms with Crippen molar-refractivity contribution in [3.63, 3.8) is 0 Å². The summed E-state index contributed by atoms with van der Waals surface area (Å²) in [6.45, 7) is 4.77. The fourth-order valence-corrected chi connectivity index (χ4v) is 6.98. The molecular weight excluding hydrogens is 328 g/mol. The van der Waals surface area contributed by atoms with Crippen LogP contribution in [0.5, 0.6) is 0 Å². The Balaban J connectivity index is 1.61. The Morgan fingerprint density at radius 1 is 0.741 bits per heavy atom. The van der Waals surface area contributed by atoms with Gasteiger partial charge in [0.2, 0.25) is 0 Å². The van der Waals surface area contributed by atoms with Crippen LogP contribution in [0.15, 0.2) is 0 Å². The van der Waals surface area contributed by atoms with Gasteiger partial charge in [-0.25, -0.2) is 0 Å². The molecule has 0 aromatic heterocycles. The molecule has 3 aliphatic carbocycles. The van der Waals surface area contributed by atoms with Gasteiger partial charge >= 0.3 is 0 Å². The van der Waals surface area contributed by atoms with Crippen LogP contribution in [0.1, 0.15) is 123 Å². The normalized spacial score (nSPS) is 40.3. The van der Waals surface area contributed by atoms with Crippen molar-refractivity contribution in [2.24, 2.45) is 17.1 Å². The molecule has 0 aromatic rings. The molecule has 2 heteroatoms. The van der Waals surface area contributed by atoms with Gasteiger partial charge in [-0.3, -0.25) is 0 Å². The van der Waals surface area contributed by atoms with E-state index in [1.807, 2.05) is 0 Å². The summed E-state index contributed by atoms with van der Waals surface area (Å²) < 4.78 is 0. The minimum Gasteiger partial charge on any atom is -0.325 e. The van der Waals surface area contributed by atoms with E-state index in [0.29, 0.717) is 5.41 Å². The third-order valence-electron chi connectivity index (χ3n) is 9.10. The van der Waals surface area contributed by atoms with E-state index in [1.165, 1.54) is 109 Å². The van der Waals surface area contributed by atoms with Crippen molar-refractivity contribution in [3.8, 4) is 0 Å². The van der Waals surface area contributed by atoms with Crippen LogP contribution >= 0.6 is 0 Å². The lowest BCUT2D eigenvalue weighted by Crippen LogP contribution is -2.41. The molecule has 3 rings (SSSR count). The summed E-state index contributed by atoms with van der Waals surface area (Å²) in [6, 6.07) is 1.59. The number of hydrogen-bond donors (Lipinski definition) is 1. The molecule has 3 aliphatic rings. The highest BCUT2D eigenvalue weighted by Gasteiger charge is 2.40. The van der Waals surface area contributed by atoms with Crippen LogP contribution in [0.4, 0.5) is 0 Å². The first-order valence-electron chi connectivity index (χ1n) is 12.5. The van der Waals surface area contributed by atoms with Crippen LogP contribution in [-0.2, 0) is 0 Å². The van der Waals surface area contributed by atoms with Crippen LogP contribution in [-0.4, -0.2) is 29.6 Å². The van der Waals surface area contributed by atoms with Gasteiger partial charge < -0.3 is 10.6 Å². The molecule has 158 valence electrons. The smallest absolute Gasteiger partial charge is 0.0126 e. The second-order valence-corrected chi connectivity index (χ2v) is 10.9. The third kappa shape index (κ3) is 5.50. The summed E-state index contributed by atoms with van der Waals surface area (Å²) in [4.78, 5) is 2.81. The van der Waals surface area contributed by atoms with Gasteiger partial charge in [-0.15, -0.1) is 0 Å². The van der Waals surface area contributed by atoms with Gasteiger partial charge in [0.15, 0.2) is 0 Å². The first-order valence-corrected chi connectivity index (χ1v) is 12.5. The zero-order valence-electron chi connectivity index (χ0n) is 18.8. The topological polar surface area (TPSA) is 29.3 Å². The summed E-state index contributed by atoms with van der Waals surface area (Å²) >= 11 is 0. The molecule has 0 radical (unpaired) electrons. The van der Waals surface area contributed by atoms with Crippen LogP contribution in [0.3, 0.4) is 0 Å². The summed E-state index contributed by atoms with van der Waals surface area (Å²) in [5.41, 5.74) is 7.22. The van der Waals surface area contributed by atoms with Crippen molar-refractivity contribution < 1.29 is 0 Å².